The smallest absolute Gasteiger partial charge is 0.267 e. The molecule has 0 unspecified atom stereocenters. The Morgan fingerprint density at radius 3 is 2.50 bits per heavy atom. The normalized spacial score (nSPS) is 24.1. The minimum Gasteiger partial charge on any atom is -0.359 e. The van der Waals surface area contributed by atoms with Crippen molar-refractivity contribution in [2.45, 2.75) is 70.4 Å². The van der Waals surface area contributed by atoms with Gasteiger partial charge in [-0.1, -0.05) is 0 Å². The number of hydrogen-bond acceptors (Lipinski definition) is 5. The van der Waals surface area contributed by atoms with Crippen molar-refractivity contribution in [3.63, 3.8) is 0 Å². The molecular weight excluding hydrogens is 320 g/mol. The van der Waals surface area contributed by atoms with Crippen LogP contribution in [0.15, 0.2) is 16.9 Å². The van der Waals surface area contributed by atoms with Crippen LogP contribution in [0, 0.1) is 13.8 Å². The summed E-state index contributed by atoms with van der Waals surface area (Å²) in [7, 11) is 0. The van der Waals surface area contributed by atoms with Crippen LogP contribution in [-0.2, 0) is 0 Å². The number of aryl methyl sites for hydroxylation is 2. The summed E-state index contributed by atoms with van der Waals surface area (Å²) in [6.07, 6.45) is 6.56. The maximum absolute atomic E-state index is 12.2. The maximum Gasteiger partial charge on any atom is 0.267 e. The first-order chi connectivity index (χ1) is 11.6. The fourth-order valence-electron chi connectivity index (χ4n) is 3.47. The Morgan fingerprint density at radius 2 is 1.88 bits per heavy atom. The summed E-state index contributed by atoms with van der Waals surface area (Å²) in [4.78, 5) is 18.1. The summed E-state index contributed by atoms with van der Waals surface area (Å²) in [5.41, 5.74) is 2.26. The molecule has 0 spiro atoms. The number of aromatic nitrogens is 3. The molecule has 2 fully saturated rings. The van der Waals surface area contributed by atoms with Gasteiger partial charge in [-0.2, -0.15) is 5.10 Å². The molecule has 2 aliphatic carbocycles. The van der Waals surface area contributed by atoms with Gasteiger partial charge in [0.2, 0.25) is 0 Å². The number of nitrogens with zero attached hydrogens (tertiary/aromatic N) is 3. The third-order valence-corrected chi connectivity index (χ3v) is 6.24. The van der Waals surface area contributed by atoms with Crippen molar-refractivity contribution in [3.8, 4) is 0 Å². The van der Waals surface area contributed by atoms with Gasteiger partial charge in [-0.05, 0) is 58.4 Å². The molecule has 2 saturated carbocycles. The lowest BCUT2D eigenvalue weighted by atomic mass is 9.91. The lowest BCUT2D eigenvalue weighted by Gasteiger charge is -2.29. The second kappa shape index (κ2) is 6.31. The Hall–Kier alpha value is -1.69. The van der Waals surface area contributed by atoms with E-state index in [-0.39, 0.29) is 11.6 Å². The molecular formula is C18H24N4OS. The monoisotopic (exact) mass is 344 g/mol. The van der Waals surface area contributed by atoms with Crippen LogP contribution >= 0.6 is 11.3 Å². The number of hydrogen-bond donors (Lipinski definition) is 1. The molecule has 0 radical (unpaired) electrons. The van der Waals surface area contributed by atoms with Crippen molar-refractivity contribution in [1.82, 2.24) is 14.8 Å². The first-order valence-corrected chi connectivity index (χ1v) is 9.72. The minimum absolute atomic E-state index is 0.0435. The Balaban J connectivity index is 1.40. The fraction of sp³-hybridized carbons (Fsp3) is 0.611. The first kappa shape index (κ1) is 15.8. The highest BCUT2D eigenvalue weighted by Gasteiger charge is 2.28. The van der Waals surface area contributed by atoms with Gasteiger partial charge in [-0.3, -0.25) is 4.79 Å². The molecule has 0 bridgehead atoms. The minimum atomic E-state index is 0.0435. The van der Waals surface area contributed by atoms with E-state index >= 15 is 0 Å². The third kappa shape index (κ3) is 3.24. The van der Waals surface area contributed by atoms with Gasteiger partial charge in [0.05, 0.1) is 17.4 Å². The van der Waals surface area contributed by atoms with Crippen LogP contribution in [0.4, 0.5) is 5.13 Å². The van der Waals surface area contributed by atoms with Gasteiger partial charge in [0.15, 0.2) is 5.13 Å². The van der Waals surface area contributed by atoms with Gasteiger partial charge in [-0.25, -0.2) is 9.67 Å². The number of anilines is 1. The zero-order valence-corrected chi connectivity index (χ0v) is 15.1. The van der Waals surface area contributed by atoms with E-state index < -0.39 is 0 Å². The van der Waals surface area contributed by atoms with Crippen molar-refractivity contribution in [1.29, 1.82) is 0 Å². The molecule has 2 aromatic rings. The molecule has 24 heavy (non-hydrogen) atoms. The van der Waals surface area contributed by atoms with Crippen LogP contribution in [0.1, 0.15) is 66.7 Å². The molecule has 0 aromatic carbocycles. The summed E-state index contributed by atoms with van der Waals surface area (Å²) in [5.74, 6) is 0.589. The van der Waals surface area contributed by atoms with E-state index in [1.54, 1.807) is 22.1 Å². The number of rotatable bonds is 4. The third-order valence-electron chi connectivity index (χ3n) is 5.24. The van der Waals surface area contributed by atoms with Gasteiger partial charge in [0.25, 0.3) is 5.56 Å². The standard InChI is InChI=1S/C18H24N4OS/c1-11-12(2)24-18(19-11)20-14-5-7-15(8-6-14)22-17(23)10-9-16(21-22)13-3-4-13/h9-10,13-15H,3-8H2,1-2H3,(H,19,20). The molecule has 2 aromatic heterocycles. The quantitative estimate of drug-likeness (QED) is 0.917. The van der Waals surface area contributed by atoms with Crippen LogP contribution in [0.3, 0.4) is 0 Å². The van der Waals surface area contributed by atoms with Crippen LogP contribution < -0.4 is 10.9 Å². The van der Waals surface area contributed by atoms with Gasteiger partial charge in [0, 0.05) is 22.9 Å². The Kier molecular flexibility index (Phi) is 4.16. The predicted molar refractivity (Wildman–Crippen MR) is 97.0 cm³/mol. The van der Waals surface area contributed by atoms with Crippen molar-refractivity contribution in [3.05, 3.63) is 38.8 Å². The average molecular weight is 344 g/mol. The average Bonchev–Trinajstić information content (AvgIpc) is 3.36. The summed E-state index contributed by atoms with van der Waals surface area (Å²) >= 11 is 1.73. The van der Waals surface area contributed by atoms with Gasteiger partial charge in [-0.15, -0.1) is 11.3 Å². The summed E-state index contributed by atoms with van der Waals surface area (Å²) in [5, 5.41) is 9.25. The van der Waals surface area contributed by atoms with E-state index in [9.17, 15) is 4.79 Å². The van der Waals surface area contributed by atoms with Crippen molar-refractivity contribution in [2.24, 2.45) is 0 Å². The van der Waals surface area contributed by atoms with Gasteiger partial charge in [0.1, 0.15) is 0 Å². The molecule has 1 N–H and O–H groups in total. The lowest BCUT2D eigenvalue weighted by molar-refractivity contribution is 0.301. The highest BCUT2D eigenvalue weighted by molar-refractivity contribution is 7.15. The summed E-state index contributed by atoms with van der Waals surface area (Å²) in [6.45, 7) is 4.17. The second-order valence-electron chi connectivity index (χ2n) is 7.13. The van der Waals surface area contributed by atoms with E-state index in [1.165, 1.54) is 17.7 Å². The van der Waals surface area contributed by atoms with Crippen LogP contribution in [0.25, 0.3) is 0 Å². The summed E-state index contributed by atoms with van der Waals surface area (Å²) in [6, 6.07) is 4.31. The predicted octanol–water partition coefficient (Wildman–Crippen LogP) is 3.79. The molecule has 0 aliphatic heterocycles. The lowest BCUT2D eigenvalue weighted by Crippen LogP contribution is -2.33. The molecule has 2 heterocycles. The SMILES string of the molecule is Cc1nc(NC2CCC(n3nc(C4CC4)ccc3=O)CC2)sc1C. The second-order valence-corrected chi connectivity index (χ2v) is 8.33. The Bertz CT molecular complexity index is 765. The van der Waals surface area contributed by atoms with Crippen LogP contribution in [0.5, 0.6) is 0 Å². The molecule has 128 valence electrons. The fourth-order valence-corrected chi connectivity index (χ4v) is 4.36. The van der Waals surface area contributed by atoms with E-state index in [2.05, 4.69) is 29.2 Å². The first-order valence-electron chi connectivity index (χ1n) is 8.90. The van der Waals surface area contributed by atoms with Crippen molar-refractivity contribution in [2.75, 3.05) is 5.32 Å². The number of thiazole rings is 1. The number of nitrogens with one attached hydrogen (secondary N) is 1. The zero-order chi connectivity index (χ0) is 16.7. The molecule has 0 atom stereocenters. The van der Waals surface area contributed by atoms with Gasteiger partial charge < -0.3 is 5.32 Å². The highest BCUT2D eigenvalue weighted by Crippen LogP contribution is 2.39. The molecule has 4 rings (SSSR count). The Morgan fingerprint density at radius 1 is 1.12 bits per heavy atom. The van der Waals surface area contributed by atoms with Crippen LogP contribution in [0.2, 0.25) is 0 Å². The molecule has 0 saturated heterocycles. The van der Waals surface area contributed by atoms with Crippen LogP contribution in [-0.4, -0.2) is 20.8 Å². The van der Waals surface area contributed by atoms with E-state index in [0.717, 1.165) is 42.2 Å². The Labute approximate surface area is 146 Å². The molecule has 2 aliphatic rings. The molecule has 5 nitrogen and oxygen atoms in total. The van der Waals surface area contributed by atoms with E-state index in [1.807, 2.05) is 6.07 Å². The molecule has 0 amide bonds. The van der Waals surface area contributed by atoms with E-state index in [0.29, 0.717) is 12.0 Å². The highest BCUT2D eigenvalue weighted by atomic mass is 32.1. The van der Waals surface area contributed by atoms with E-state index in [4.69, 9.17) is 0 Å². The largest absolute Gasteiger partial charge is 0.359 e. The van der Waals surface area contributed by atoms with Crippen molar-refractivity contribution < 1.29 is 0 Å². The maximum atomic E-state index is 12.2. The summed E-state index contributed by atoms with van der Waals surface area (Å²) < 4.78 is 1.75. The van der Waals surface area contributed by atoms with Gasteiger partial charge >= 0.3 is 0 Å². The zero-order valence-electron chi connectivity index (χ0n) is 14.3. The van der Waals surface area contributed by atoms with Crippen molar-refractivity contribution >= 4 is 16.5 Å². The molecule has 6 heteroatoms. The topological polar surface area (TPSA) is 59.8 Å².